The van der Waals surface area contributed by atoms with E-state index in [-0.39, 0.29) is 11.9 Å². The predicted octanol–water partition coefficient (Wildman–Crippen LogP) is 4.32. The van der Waals surface area contributed by atoms with E-state index in [4.69, 9.17) is 0 Å². The molecule has 0 aliphatic rings. The topological polar surface area (TPSA) is 24.9 Å². The second-order valence-electron chi connectivity index (χ2n) is 5.15. The fourth-order valence-electron chi connectivity index (χ4n) is 2.55. The van der Waals surface area contributed by atoms with E-state index in [9.17, 15) is 4.39 Å². The van der Waals surface area contributed by atoms with E-state index in [1.807, 2.05) is 37.4 Å². The van der Waals surface area contributed by atoms with E-state index in [0.29, 0.717) is 0 Å². The van der Waals surface area contributed by atoms with E-state index < -0.39 is 0 Å². The van der Waals surface area contributed by atoms with Gasteiger partial charge < -0.3 is 5.32 Å². The van der Waals surface area contributed by atoms with Crippen LogP contribution in [0.25, 0.3) is 22.0 Å². The zero-order valence-corrected chi connectivity index (χ0v) is 12.1. The molecule has 0 saturated carbocycles. The number of hydrogen-bond donors (Lipinski definition) is 1. The summed E-state index contributed by atoms with van der Waals surface area (Å²) in [5, 5.41) is 4.27. The van der Waals surface area contributed by atoms with Gasteiger partial charge in [0.25, 0.3) is 0 Å². The minimum atomic E-state index is -0.219. The summed E-state index contributed by atoms with van der Waals surface area (Å²) >= 11 is 0. The fraction of sp³-hybridized carbons (Fsp3) is 0.167. The lowest BCUT2D eigenvalue weighted by Crippen LogP contribution is -2.13. The Morgan fingerprint density at radius 2 is 1.95 bits per heavy atom. The number of nitrogens with one attached hydrogen (secondary N) is 1. The Kier molecular flexibility index (Phi) is 3.67. The van der Waals surface area contributed by atoms with Crippen LogP contribution in [-0.2, 0) is 0 Å². The Balaban J connectivity index is 2.19. The molecule has 0 fully saturated rings. The van der Waals surface area contributed by atoms with Crippen molar-refractivity contribution in [3.8, 4) is 11.1 Å². The van der Waals surface area contributed by atoms with Crippen molar-refractivity contribution in [2.75, 3.05) is 7.05 Å². The molecule has 1 N–H and O–H groups in total. The summed E-state index contributed by atoms with van der Waals surface area (Å²) in [6, 6.07) is 15.1. The Morgan fingerprint density at radius 1 is 1.10 bits per heavy atom. The van der Waals surface area contributed by atoms with Gasteiger partial charge in [0, 0.05) is 17.6 Å². The molecule has 106 valence electrons. The van der Waals surface area contributed by atoms with E-state index in [1.54, 1.807) is 12.3 Å². The van der Waals surface area contributed by atoms with Crippen LogP contribution in [0.3, 0.4) is 0 Å². The van der Waals surface area contributed by atoms with E-state index in [0.717, 1.165) is 27.6 Å². The number of aromatic nitrogens is 1. The maximum absolute atomic E-state index is 13.7. The van der Waals surface area contributed by atoms with Crippen molar-refractivity contribution in [1.29, 1.82) is 0 Å². The third-order valence-electron chi connectivity index (χ3n) is 3.83. The van der Waals surface area contributed by atoms with Gasteiger partial charge in [0.2, 0.25) is 0 Å². The monoisotopic (exact) mass is 280 g/mol. The Labute approximate surface area is 123 Å². The maximum atomic E-state index is 13.7. The molecular formula is C18H17FN2. The number of fused-ring (bicyclic) bond motifs is 1. The number of halogens is 1. The molecule has 0 aliphatic heterocycles. The number of benzene rings is 2. The van der Waals surface area contributed by atoms with Crippen LogP contribution in [0.5, 0.6) is 0 Å². The van der Waals surface area contributed by atoms with Crippen molar-refractivity contribution < 1.29 is 4.39 Å². The molecule has 0 amide bonds. The predicted molar refractivity (Wildman–Crippen MR) is 84.6 cm³/mol. The van der Waals surface area contributed by atoms with Gasteiger partial charge in [-0.3, -0.25) is 4.98 Å². The summed E-state index contributed by atoms with van der Waals surface area (Å²) in [6.07, 6.45) is 1.78. The normalized spacial score (nSPS) is 12.5. The van der Waals surface area contributed by atoms with Crippen molar-refractivity contribution in [2.45, 2.75) is 13.0 Å². The zero-order chi connectivity index (χ0) is 14.8. The standard InChI is InChI=1S/C18H17FN2/c1-12(20-2)16-7-6-15(19)11-17(16)13-5-8-18-14(10-13)4-3-9-21-18/h3-12,20H,1-2H3. The molecule has 3 rings (SSSR count). The smallest absolute Gasteiger partial charge is 0.123 e. The first-order chi connectivity index (χ1) is 10.2. The summed E-state index contributed by atoms with van der Waals surface area (Å²) < 4.78 is 13.7. The van der Waals surface area contributed by atoms with Crippen molar-refractivity contribution in [2.24, 2.45) is 0 Å². The van der Waals surface area contributed by atoms with Crippen LogP contribution in [0.4, 0.5) is 4.39 Å². The second-order valence-corrected chi connectivity index (χ2v) is 5.15. The summed E-state index contributed by atoms with van der Waals surface area (Å²) in [7, 11) is 1.90. The summed E-state index contributed by atoms with van der Waals surface area (Å²) in [5.41, 5.74) is 3.96. The zero-order valence-electron chi connectivity index (χ0n) is 12.1. The fourth-order valence-corrected chi connectivity index (χ4v) is 2.55. The first-order valence-corrected chi connectivity index (χ1v) is 7.01. The van der Waals surface area contributed by atoms with Gasteiger partial charge in [-0.25, -0.2) is 4.39 Å². The van der Waals surface area contributed by atoms with Crippen LogP contribution in [-0.4, -0.2) is 12.0 Å². The Morgan fingerprint density at radius 3 is 2.76 bits per heavy atom. The summed E-state index contributed by atoms with van der Waals surface area (Å²) in [4.78, 5) is 4.32. The highest BCUT2D eigenvalue weighted by atomic mass is 19.1. The number of rotatable bonds is 3. The van der Waals surface area contributed by atoms with Gasteiger partial charge in [-0.2, -0.15) is 0 Å². The van der Waals surface area contributed by atoms with Crippen molar-refractivity contribution in [1.82, 2.24) is 10.3 Å². The van der Waals surface area contributed by atoms with Crippen molar-refractivity contribution in [3.63, 3.8) is 0 Å². The molecule has 3 aromatic rings. The quantitative estimate of drug-likeness (QED) is 0.772. The maximum Gasteiger partial charge on any atom is 0.123 e. The molecule has 3 heteroatoms. The molecule has 2 aromatic carbocycles. The van der Waals surface area contributed by atoms with Gasteiger partial charge in [0.15, 0.2) is 0 Å². The first kappa shape index (κ1) is 13.7. The highest BCUT2D eigenvalue weighted by molar-refractivity contribution is 5.85. The number of pyridine rings is 1. The highest BCUT2D eigenvalue weighted by Gasteiger charge is 2.12. The van der Waals surface area contributed by atoms with Crippen molar-refractivity contribution in [3.05, 3.63) is 66.1 Å². The van der Waals surface area contributed by atoms with Gasteiger partial charge >= 0.3 is 0 Å². The third kappa shape index (κ3) is 2.65. The molecule has 0 spiro atoms. The molecule has 21 heavy (non-hydrogen) atoms. The molecule has 0 saturated heterocycles. The van der Waals surface area contributed by atoms with Gasteiger partial charge in [-0.1, -0.05) is 18.2 Å². The minimum Gasteiger partial charge on any atom is -0.313 e. The molecule has 1 atom stereocenters. The highest BCUT2D eigenvalue weighted by Crippen LogP contribution is 2.30. The molecule has 0 bridgehead atoms. The molecule has 1 unspecified atom stereocenters. The molecule has 1 heterocycles. The summed E-state index contributed by atoms with van der Waals surface area (Å²) in [6.45, 7) is 2.07. The van der Waals surface area contributed by atoms with Crippen LogP contribution in [0.15, 0.2) is 54.7 Å². The van der Waals surface area contributed by atoms with Crippen LogP contribution < -0.4 is 5.32 Å². The van der Waals surface area contributed by atoms with E-state index in [1.165, 1.54) is 6.07 Å². The first-order valence-electron chi connectivity index (χ1n) is 7.01. The number of nitrogens with zero attached hydrogens (tertiary/aromatic N) is 1. The molecule has 0 radical (unpaired) electrons. The molecule has 0 aliphatic carbocycles. The van der Waals surface area contributed by atoms with Crippen LogP contribution in [0, 0.1) is 5.82 Å². The lowest BCUT2D eigenvalue weighted by Gasteiger charge is -2.16. The lowest BCUT2D eigenvalue weighted by atomic mass is 9.94. The molecular weight excluding hydrogens is 263 g/mol. The average molecular weight is 280 g/mol. The Bertz CT molecular complexity index is 783. The van der Waals surface area contributed by atoms with E-state index in [2.05, 4.69) is 23.3 Å². The Hall–Kier alpha value is -2.26. The largest absolute Gasteiger partial charge is 0.313 e. The van der Waals surface area contributed by atoms with Gasteiger partial charge in [-0.15, -0.1) is 0 Å². The molecule has 2 nitrogen and oxygen atoms in total. The average Bonchev–Trinajstić information content (AvgIpc) is 2.53. The van der Waals surface area contributed by atoms with Crippen molar-refractivity contribution >= 4 is 10.9 Å². The van der Waals surface area contributed by atoms with E-state index >= 15 is 0 Å². The third-order valence-corrected chi connectivity index (χ3v) is 3.83. The minimum absolute atomic E-state index is 0.158. The molecule has 1 aromatic heterocycles. The van der Waals surface area contributed by atoms with Crippen LogP contribution in [0.1, 0.15) is 18.5 Å². The van der Waals surface area contributed by atoms with Crippen LogP contribution >= 0.6 is 0 Å². The lowest BCUT2D eigenvalue weighted by molar-refractivity contribution is 0.620. The van der Waals surface area contributed by atoms with Gasteiger partial charge in [-0.05, 0) is 61.0 Å². The van der Waals surface area contributed by atoms with Crippen LogP contribution in [0.2, 0.25) is 0 Å². The SMILES string of the molecule is CNC(C)c1ccc(F)cc1-c1ccc2ncccc2c1. The number of hydrogen-bond acceptors (Lipinski definition) is 2. The van der Waals surface area contributed by atoms with Gasteiger partial charge in [0.1, 0.15) is 5.82 Å². The second kappa shape index (κ2) is 5.62. The van der Waals surface area contributed by atoms with Gasteiger partial charge in [0.05, 0.1) is 5.52 Å². The summed E-state index contributed by atoms with van der Waals surface area (Å²) in [5.74, 6) is -0.219.